The zero-order valence-electron chi connectivity index (χ0n) is 14.0. The van der Waals surface area contributed by atoms with Crippen molar-refractivity contribution in [2.24, 2.45) is 0 Å². The van der Waals surface area contributed by atoms with E-state index < -0.39 is 5.79 Å². The third-order valence-electron chi connectivity index (χ3n) is 4.72. The third-order valence-corrected chi connectivity index (χ3v) is 5.90. The molecule has 5 nitrogen and oxygen atoms in total. The van der Waals surface area contributed by atoms with Crippen LogP contribution in [0.15, 0.2) is 24.3 Å². The minimum Gasteiger partial charge on any atom is -0.347 e. The molecule has 0 N–H and O–H groups in total. The lowest BCUT2D eigenvalue weighted by atomic mass is 10.0. The van der Waals surface area contributed by atoms with Crippen LogP contribution in [0.1, 0.15) is 28.2 Å². The number of nitrogens with zero attached hydrogens (tertiary/aromatic N) is 2. The first-order chi connectivity index (χ1) is 12.1. The van der Waals surface area contributed by atoms with E-state index in [4.69, 9.17) is 9.47 Å². The Morgan fingerprint density at radius 3 is 2.60 bits per heavy atom. The van der Waals surface area contributed by atoms with E-state index in [1.54, 1.807) is 25.1 Å². The van der Waals surface area contributed by atoms with E-state index in [9.17, 15) is 9.18 Å². The number of ether oxygens (including phenoxy) is 2. The molecule has 2 fully saturated rings. The molecule has 1 spiro atoms. The van der Waals surface area contributed by atoms with E-state index in [0.717, 1.165) is 0 Å². The highest BCUT2D eigenvalue weighted by molar-refractivity contribution is 7.17. The van der Waals surface area contributed by atoms with Gasteiger partial charge in [-0.15, -0.1) is 11.3 Å². The fraction of sp³-hybridized carbons (Fsp3) is 0.444. The molecule has 2 saturated heterocycles. The molecule has 1 amide bonds. The number of amides is 1. The van der Waals surface area contributed by atoms with Crippen LogP contribution in [0.5, 0.6) is 0 Å². The molecule has 2 aromatic rings. The van der Waals surface area contributed by atoms with Gasteiger partial charge in [-0.1, -0.05) is 12.1 Å². The number of thiazole rings is 1. The Kier molecular flexibility index (Phi) is 4.31. The number of hydrogen-bond acceptors (Lipinski definition) is 5. The van der Waals surface area contributed by atoms with Crippen molar-refractivity contribution >= 4 is 17.2 Å². The highest BCUT2D eigenvalue weighted by Crippen LogP contribution is 2.34. The standard InChI is InChI=1S/C18H19FN2O3S/c1-12-15(25-16(20-12)13-4-2-3-5-14(13)19)17(22)21-8-6-18(7-9-21)23-10-11-24-18/h2-5H,6-11H2,1H3. The number of hydrogen-bond donors (Lipinski definition) is 0. The fourth-order valence-electron chi connectivity index (χ4n) is 3.32. The Morgan fingerprint density at radius 2 is 1.92 bits per heavy atom. The molecular formula is C18H19FN2O3S. The molecule has 0 aliphatic carbocycles. The first-order valence-corrected chi connectivity index (χ1v) is 9.19. The summed E-state index contributed by atoms with van der Waals surface area (Å²) in [7, 11) is 0. The number of aryl methyl sites for hydroxylation is 1. The maximum atomic E-state index is 14.0. The van der Waals surface area contributed by atoms with Crippen molar-refractivity contribution in [1.82, 2.24) is 9.88 Å². The molecule has 0 unspecified atom stereocenters. The second-order valence-corrected chi connectivity index (χ2v) is 7.31. The topological polar surface area (TPSA) is 51.7 Å². The van der Waals surface area contributed by atoms with Crippen LogP contribution < -0.4 is 0 Å². The summed E-state index contributed by atoms with van der Waals surface area (Å²) >= 11 is 1.25. The van der Waals surface area contributed by atoms with Gasteiger partial charge in [0, 0.05) is 31.5 Å². The minimum atomic E-state index is -0.502. The Bertz CT molecular complexity index is 791. The number of likely N-dealkylation sites (tertiary alicyclic amines) is 1. The second-order valence-electron chi connectivity index (χ2n) is 6.31. The molecule has 132 valence electrons. The summed E-state index contributed by atoms with van der Waals surface area (Å²) in [6.07, 6.45) is 1.35. The summed E-state index contributed by atoms with van der Waals surface area (Å²) in [5.74, 6) is -0.881. The largest absolute Gasteiger partial charge is 0.347 e. The van der Waals surface area contributed by atoms with E-state index in [0.29, 0.717) is 60.3 Å². The van der Waals surface area contributed by atoms with Gasteiger partial charge in [-0.2, -0.15) is 0 Å². The molecule has 1 aromatic carbocycles. The first-order valence-electron chi connectivity index (χ1n) is 8.37. The Morgan fingerprint density at radius 1 is 1.24 bits per heavy atom. The number of carbonyl (C=O) groups excluding carboxylic acids is 1. The van der Waals surface area contributed by atoms with E-state index in [2.05, 4.69) is 4.98 Å². The zero-order valence-corrected chi connectivity index (χ0v) is 14.8. The summed E-state index contributed by atoms with van der Waals surface area (Å²) in [5, 5.41) is 0.537. The van der Waals surface area contributed by atoms with Crippen LogP contribution in [-0.4, -0.2) is 47.9 Å². The number of aromatic nitrogens is 1. The summed E-state index contributed by atoms with van der Waals surface area (Å²) < 4.78 is 25.4. The molecule has 25 heavy (non-hydrogen) atoms. The van der Waals surface area contributed by atoms with Crippen LogP contribution in [0.2, 0.25) is 0 Å². The predicted octanol–water partition coefficient (Wildman–Crippen LogP) is 3.24. The average molecular weight is 362 g/mol. The van der Waals surface area contributed by atoms with Gasteiger partial charge < -0.3 is 14.4 Å². The molecule has 3 heterocycles. The van der Waals surface area contributed by atoms with Crippen LogP contribution >= 0.6 is 11.3 Å². The van der Waals surface area contributed by atoms with Crippen molar-refractivity contribution in [2.75, 3.05) is 26.3 Å². The number of benzene rings is 1. The summed E-state index contributed by atoms with van der Waals surface area (Å²) in [6, 6.07) is 6.49. The fourth-order valence-corrected chi connectivity index (χ4v) is 4.39. The van der Waals surface area contributed by atoms with Crippen LogP contribution in [0.4, 0.5) is 4.39 Å². The van der Waals surface area contributed by atoms with Gasteiger partial charge in [-0.3, -0.25) is 4.79 Å². The quantitative estimate of drug-likeness (QED) is 0.823. The van der Waals surface area contributed by atoms with Gasteiger partial charge in [0.05, 0.1) is 18.9 Å². The SMILES string of the molecule is Cc1nc(-c2ccccc2F)sc1C(=O)N1CCC2(CC1)OCCO2. The predicted molar refractivity (Wildman–Crippen MR) is 92.0 cm³/mol. The van der Waals surface area contributed by atoms with Crippen molar-refractivity contribution in [1.29, 1.82) is 0 Å². The highest BCUT2D eigenvalue weighted by Gasteiger charge is 2.41. The third kappa shape index (κ3) is 3.07. The van der Waals surface area contributed by atoms with Gasteiger partial charge in [-0.25, -0.2) is 9.37 Å². The highest BCUT2D eigenvalue weighted by atomic mass is 32.1. The lowest BCUT2D eigenvalue weighted by molar-refractivity contribution is -0.181. The van der Waals surface area contributed by atoms with Crippen molar-refractivity contribution in [3.05, 3.63) is 40.7 Å². The van der Waals surface area contributed by atoms with E-state index in [1.807, 2.05) is 4.90 Å². The van der Waals surface area contributed by atoms with Gasteiger partial charge in [-0.05, 0) is 19.1 Å². The molecule has 2 aliphatic rings. The van der Waals surface area contributed by atoms with Crippen molar-refractivity contribution in [3.63, 3.8) is 0 Å². The zero-order chi connectivity index (χ0) is 17.4. The summed E-state index contributed by atoms with van der Waals surface area (Å²) in [4.78, 5) is 19.7. The summed E-state index contributed by atoms with van der Waals surface area (Å²) in [5.41, 5.74) is 1.07. The Balaban J connectivity index is 1.52. The molecule has 7 heteroatoms. The Labute approximate surface area is 149 Å². The van der Waals surface area contributed by atoms with Crippen molar-refractivity contribution in [2.45, 2.75) is 25.6 Å². The van der Waals surface area contributed by atoms with Gasteiger partial charge >= 0.3 is 0 Å². The van der Waals surface area contributed by atoms with Crippen molar-refractivity contribution in [3.8, 4) is 10.6 Å². The molecule has 0 atom stereocenters. The molecule has 1 aromatic heterocycles. The van der Waals surface area contributed by atoms with E-state index in [1.165, 1.54) is 17.4 Å². The van der Waals surface area contributed by atoms with Gasteiger partial charge in [0.2, 0.25) is 0 Å². The molecular weight excluding hydrogens is 343 g/mol. The molecule has 0 bridgehead atoms. The number of piperidine rings is 1. The Hall–Kier alpha value is -1.83. The maximum absolute atomic E-state index is 14.0. The van der Waals surface area contributed by atoms with Crippen molar-refractivity contribution < 1.29 is 18.7 Å². The maximum Gasteiger partial charge on any atom is 0.265 e. The van der Waals surface area contributed by atoms with Gasteiger partial charge in [0.15, 0.2) is 5.79 Å². The molecule has 2 aliphatic heterocycles. The lowest BCUT2D eigenvalue weighted by Gasteiger charge is -2.37. The monoisotopic (exact) mass is 362 g/mol. The van der Waals surface area contributed by atoms with E-state index >= 15 is 0 Å². The van der Waals surface area contributed by atoms with Crippen LogP contribution in [0.3, 0.4) is 0 Å². The molecule has 0 saturated carbocycles. The smallest absolute Gasteiger partial charge is 0.265 e. The molecule has 4 rings (SSSR count). The lowest BCUT2D eigenvalue weighted by Crippen LogP contribution is -2.47. The normalized spacial score (nSPS) is 19.5. The van der Waals surface area contributed by atoms with E-state index in [-0.39, 0.29) is 11.7 Å². The van der Waals surface area contributed by atoms with Crippen LogP contribution in [0.25, 0.3) is 10.6 Å². The van der Waals surface area contributed by atoms with Gasteiger partial charge in [0.25, 0.3) is 5.91 Å². The van der Waals surface area contributed by atoms with Crippen LogP contribution in [-0.2, 0) is 9.47 Å². The minimum absolute atomic E-state index is 0.0505. The molecule has 0 radical (unpaired) electrons. The average Bonchev–Trinajstić information content (AvgIpc) is 3.22. The first kappa shape index (κ1) is 16.6. The number of rotatable bonds is 2. The second kappa shape index (κ2) is 6.48. The number of carbonyl (C=O) groups is 1. The van der Waals surface area contributed by atoms with Gasteiger partial charge in [0.1, 0.15) is 15.7 Å². The van der Waals surface area contributed by atoms with Crippen LogP contribution in [0, 0.1) is 12.7 Å². The number of halogens is 1. The summed E-state index contributed by atoms with van der Waals surface area (Å²) in [6.45, 7) is 4.21.